The molecule has 1 atom stereocenters. The van der Waals surface area contributed by atoms with Crippen LogP contribution in [0.3, 0.4) is 0 Å². The van der Waals surface area contributed by atoms with E-state index >= 15 is 0 Å². The molecule has 3 aromatic rings. The van der Waals surface area contributed by atoms with Gasteiger partial charge in [-0.25, -0.2) is 0 Å². The van der Waals surface area contributed by atoms with E-state index in [-0.39, 0.29) is 12.5 Å². The molecule has 0 fully saturated rings. The molecule has 0 saturated carbocycles. The minimum absolute atomic E-state index is 0.125. The lowest BCUT2D eigenvalue weighted by Crippen LogP contribution is -2.20. The third kappa shape index (κ3) is 5.57. The first kappa shape index (κ1) is 18.9. The first-order valence-corrected chi connectivity index (χ1v) is 9.37. The number of amides is 1. The van der Waals surface area contributed by atoms with E-state index in [4.69, 9.17) is 4.74 Å². The molecule has 27 heavy (non-hydrogen) atoms. The molecular formula is C19H20N4O3S. The van der Waals surface area contributed by atoms with Gasteiger partial charge >= 0.3 is 0 Å². The largest absolute Gasteiger partial charge is 0.491 e. The number of nitrogens with zero attached hydrogens (tertiary/aromatic N) is 3. The van der Waals surface area contributed by atoms with Gasteiger partial charge in [0.2, 0.25) is 5.91 Å². The molecular weight excluding hydrogens is 364 g/mol. The lowest BCUT2D eigenvalue weighted by Gasteiger charge is -2.13. The Kier molecular flexibility index (Phi) is 6.45. The van der Waals surface area contributed by atoms with E-state index in [1.165, 1.54) is 18.7 Å². The van der Waals surface area contributed by atoms with Gasteiger partial charge in [0, 0.05) is 24.1 Å². The van der Waals surface area contributed by atoms with Crippen LogP contribution < -0.4 is 10.1 Å². The number of carbonyl (C=O) groups is 1. The summed E-state index contributed by atoms with van der Waals surface area (Å²) < 4.78 is 7.47. The van der Waals surface area contributed by atoms with Gasteiger partial charge < -0.3 is 15.2 Å². The number of thioether (sulfide) groups is 1. The van der Waals surface area contributed by atoms with Crippen molar-refractivity contribution in [2.75, 3.05) is 17.7 Å². The molecule has 1 heterocycles. The van der Waals surface area contributed by atoms with Crippen LogP contribution in [0.15, 0.2) is 66.1 Å². The number of hydrogen-bond donors (Lipinski definition) is 2. The summed E-state index contributed by atoms with van der Waals surface area (Å²) in [6.07, 6.45) is 0.989. The molecule has 7 nitrogen and oxygen atoms in total. The summed E-state index contributed by atoms with van der Waals surface area (Å²) >= 11 is 1.41. The van der Waals surface area contributed by atoms with Gasteiger partial charge in [-0.2, -0.15) is 0 Å². The summed E-state index contributed by atoms with van der Waals surface area (Å²) in [7, 11) is 0. The van der Waals surface area contributed by atoms with E-state index in [9.17, 15) is 9.90 Å². The third-order valence-corrected chi connectivity index (χ3v) is 4.66. The molecule has 140 valence electrons. The molecule has 8 heteroatoms. The number of aliphatic hydroxyl groups is 1. The van der Waals surface area contributed by atoms with Gasteiger partial charge in [0.15, 0.2) is 5.16 Å². The van der Waals surface area contributed by atoms with E-state index < -0.39 is 6.10 Å². The van der Waals surface area contributed by atoms with Gasteiger partial charge in [-0.15, -0.1) is 10.2 Å². The lowest BCUT2D eigenvalue weighted by molar-refractivity contribution is -0.114. The summed E-state index contributed by atoms with van der Waals surface area (Å²) in [5, 5.41) is 21.6. The Morgan fingerprint density at radius 2 is 1.96 bits per heavy atom. The van der Waals surface area contributed by atoms with Crippen molar-refractivity contribution < 1.29 is 14.6 Å². The van der Waals surface area contributed by atoms with Crippen molar-refractivity contribution in [1.29, 1.82) is 0 Å². The Hall–Kier alpha value is -2.84. The van der Waals surface area contributed by atoms with Crippen molar-refractivity contribution in [2.24, 2.45) is 0 Å². The molecule has 0 unspecified atom stereocenters. The molecule has 0 bridgehead atoms. The van der Waals surface area contributed by atoms with Crippen LogP contribution in [-0.2, 0) is 4.79 Å². The van der Waals surface area contributed by atoms with Gasteiger partial charge in [-0.05, 0) is 36.4 Å². The fourth-order valence-electron chi connectivity index (χ4n) is 2.34. The molecule has 0 aliphatic carbocycles. The quantitative estimate of drug-likeness (QED) is 0.581. The van der Waals surface area contributed by atoms with Gasteiger partial charge in [0.05, 0.1) is 6.10 Å². The van der Waals surface area contributed by atoms with E-state index in [0.717, 1.165) is 5.69 Å². The number of aliphatic hydroxyl groups excluding tert-OH is 1. The zero-order chi connectivity index (χ0) is 19.1. The number of rotatable bonds is 8. The standard InChI is InChI=1S/C19H20N4O3S/c1-14(24)21-15-7-9-18(10-8-15)26-11-17(25)12-27-19-22-20-13-23(19)16-5-3-2-4-6-16/h2-10,13,17,25H,11-12H2,1H3,(H,21,24)/t17-/m0/s1. The van der Waals surface area contributed by atoms with Gasteiger partial charge in [0.25, 0.3) is 0 Å². The number of ether oxygens (including phenoxy) is 1. The zero-order valence-electron chi connectivity index (χ0n) is 14.8. The average Bonchev–Trinajstić information content (AvgIpc) is 3.15. The average molecular weight is 384 g/mol. The maximum atomic E-state index is 11.0. The van der Waals surface area contributed by atoms with Crippen LogP contribution in [0.1, 0.15) is 6.92 Å². The number of nitrogens with one attached hydrogen (secondary N) is 1. The molecule has 0 radical (unpaired) electrons. The van der Waals surface area contributed by atoms with Gasteiger partial charge in [-0.1, -0.05) is 30.0 Å². The summed E-state index contributed by atoms with van der Waals surface area (Å²) in [4.78, 5) is 11.0. The topological polar surface area (TPSA) is 89.3 Å². The van der Waals surface area contributed by atoms with Crippen LogP contribution in [0.25, 0.3) is 5.69 Å². The highest BCUT2D eigenvalue weighted by Gasteiger charge is 2.11. The van der Waals surface area contributed by atoms with Crippen molar-refractivity contribution in [3.05, 3.63) is 60.9 Å². The maximum Gasteiger partial charge on any atom is 0.221 e. The van der Waals surface area contributed by atoms with E-state index in [0.29, 0.717) is 22.3 Å². The van der Waals surface area contributed by atoms with Crippen LogP contribution in [0.2, 0.25) is 0 Å². The van der Waals surface area contributed by atoms with E-state index in [1.807, 2.05) is 34.9 Å². The zero-order valence-corrected chi connectivity index (χ0v) is 15.6. The van der Waals surface area contributed by atoms with Gasteiger partial charge in [-0.3, -0.25) is 9.36 Å². The lowest BCUT2D eigenvalue weighted by atomic mass is 10.3. The van der Waals surface area contributed by atoms with E-state index in [1.54, 1.807) is 30.6 Å². The molecule has 0 aliphatic heterocycles. The molecule has 1 amide bonds. The minimum Gasteiger partial charge on any atom is -0.491 e. The van der Waals surface area contributed by atoms with Crippen LogP contribution in [0.4, 0.5) is 5.69 Å². The van der Waals surface area contributed by atoms with E-state index in [2.05, 4.69) is 15.5 Å². The summed E-state index contributed by atoms with van der Waals surface area (Å²) in [5.74, 6) is 0.926. The number of hydrogen-bond acceptors (Lipinski definition) is 6. The van der Waals surface area contributed by atoms with Crippen molar-refractivity contribution in [3.8, 4) is 11.4 Å². The number of para-hydroxylation sites is 1. The number of benzene rings is 2. The van der Waals surface area contributed by atoms with Crippen LogP contribution in [-0.4, -0.2) is 44.2 Å². The Balaban J connectivity index is 1.49. The first-order valence-electron chi connectivity index (χ1n) is 8.38. The smallest absolute Gasteiger partial charge is 0.221 e. The van der Waals surface area contributed by atoms with Crippen molar-refractivity contribution >= 4 is 23.4 Å². The second-order valence-electron chi connectivity index (χ2n) is 5.80. The fraction of sp³-hybridized carbons (Fsp3) is 0.211. The van der Waals surface area contributed by atoms with Crippen molar-refractivity contribution in [2.45, 2.75) is 18.2 Å². The Labute approximate surface area is 161 Å². The Bertz CT molecular complexity index is 868. The summed E-state index contributed by atoms with van der Waals surface area (Å²) in [6.45, 7) is 1.61. The van der Waals surface area contributed by atoms with Gasteiger partial charge in [0.1, 0.15) is 18.7 Å². The molecule has 2 aromatic carbocycles. The molecule has 1 aromatic heterocycles. The molecule has 0 saturated heterocycles. The predicted octanol–water partition coefficient (Wildman–Crippen LogP) is 2.76. The molecule has 2 N–H and O–H groups in total. The second kappa shape index (κ2) is 9.20. The highest BCUT2D eigenvalue weighted by Crippen LogP contribution is 2.21. The minimum atomic E-state index is -0.661. The van der Waals surface area contributed by atoms with Crippen molar-refractivity contribution in [1.82, 2.24) is 14.8 Å². The normalized spacial score (nSPS) is 11.8. The number of carbonyl (C=O) groups excluding carboxylic acids is 1. The second-order valence-corrected chi connectivity index (χ2v) is 6.79. The first-order chi connectivity index (χ1) is 13.1. The van der Waals surface area contributed by atoms with Crippen LogP contribution in [0, 0.1) is 0 Å². The molecule has 0 spiro atoms. The SMILES string of the molecule is CC(=O)Nc1ccc(OC[C@H](O)CSc2nncn2-c2ccccc2)cc1. The molecule has 0 aliphatic rings. The Morgan fingerprint density at radius 3 is 2.67 bits per heavy atom. The summed E-state index contributed by atoms with van der Waals surface area (Å²) in [5.41, 5.74) is 1.67. The number of anilines is 1. The fourth-order valence-corrected chi connectivity index (χ4v) is 3.17. The Morgan fingerprint density at radius 1 is 1.22 bits per heavy atom. The predicted molar refractivity (Wildman–Crippen MR) is 104 cm³/mol. The maximum absolute atomic E-state index is 11.0. The third-order valence-electron chi connectivity index (χ3n) is 3.57. The monoisotopic (exact) mass is 384 g/mol. The highest BCUT2D eigenvalue weighted by molar-refractivity contribution is 7.99. The summed E-state index contributed by atoms with van der Waals surface area (Å²) in [6, 6.07) is 16.8. The van der Waals surface area contributed by atoms with Crippen LogP contribution >= 0.6 is 11.8 Å². The molecule has 3 rings (SSSR count). The number of aromatic nitrogens is 3. The van der Waals surface area contributed by atoms with Crippen molar-refractivity contribution in [3.63, 3.8) is 0 Å². The highest BCUT2D eigenvalue weighted by atomic mass is 32.2. The van der Waals surface area contributed by atoms with Crippen LogP contribution in [0.5, 0.6) is 5.75 Å².